The maximum absolute atomic E-state index is 5.96. The fraction of sp³-hybridized carbons (Fsp3) is 0.154. The molecule has 0 bridgehead atoms. The van der Waals surface area contributed by atoms with E-state index in [1.165, 1.54) is 11.9 Å². The highest BCUT2D eigenvalue weighted by Crippen LogP contribution is 2.19. The molecule has 3 rings (SSSR count). The summed E-state index contributed by atoms with van der Waals surface area (Å²) in [7, 11) is 0. The van der Waals surface area contributed by atoms with Gasteiger partial charge in [-0.15, -0.1) is 0 Å². The highest BCUT2D eigenvalue weighted by molar-refractivity contribution is 5.79. The Bertz CT molecular complexity index is 687. The number of anilines is 1. The molecule has 0 unspecified atom stereocenters. The van der Waals surface area contributed by atoms with E-state index in [0.29, 0.717) is 12.5 Å². The normalized spacial score (nSPS) is 10.9. The Hall–Kier alpha value is -2.43. The molecule has 2 aromatic heterocycles. The number of hydrogen-bond acceptors (Lipinski definition) is 4. The number of benzene rings is 1. The first-order chi connectivity index (χ1) is 8.74. The van der Waals surface area contributed by atoms with Crippen LogP contribution in [0.4, 0.5) is 5.95 Å². The van der Waals surface area contributed by atoms with Gasteiger partial charge in [0.25, 0.3) is 0 Å². The largest absolute Gasteiger partial charge is 0.369 e. The van der Waals surface area contributed by atoms with Gasteiger partial charge in [0.1, 0.15) is 6.33 Å². The van der Waals surface area contributed by atoms with Crippen molar-refractivity contribution >= 4 is 17.0 Å². The Morgan fingerprint density at radius 1 is 1.28 bits per heavy atom. The molecule has 0 saturated carbocycles. The maximum atomic E-state index is 5.96. The van der Waals surface area contributed by atoms with Crippen LogP contribution in [0.25, 0.3) is 11.0 Å². The van der Waals surface area contributed by atoms with Crippen LogP contribution in [0.1, 0.15) is 11.3 Å². The van der Waals surface area contributed by atoms with E-state index in [-0.39, 0.29) is 0 Å². The number of nitrogen functional groups attached to an aromatic ring is 1. The van der Waals surface area contributed by atoms with E-state index in [4.69, 9.17) is 5.73 Å². The third kappa shape index (κ3) is 1.79. The summed E-state index contributed by atoms with van der Waals surface area (Å²) in [6, 6.07) is 8.00. The van der Waals surface area contributed by atoms with Crippen molar-refractivity contribution in [2.45, 2.75) is 13.5 Å². The fourth-order valence-electron chi connectivity index (χ4n) is 2.00. The molecular formula is C13H13N5. The highest BCUT2D eigenvalue weighted by atomic mass is 15.2. The molecular weight excluding hydrogens is 226 g/mol. The number of aryl methyl sites for hydroxylation is 1. The van der Waals surface area contributed by atoms with Crippen LogP contribution in [0.3, 0.4) is 0 Å². The van der Waals surface area contributed by atoms with Gasteiger partial charge in [-0.3, -0.25) is 0 Å². The topological polar surface area (TPSA) is 69.6 Å². The van der Waals surface area contributed by atoms with E-state index < -0.39 is 0 Å². The second-order valence-corrected chi connectivity index (χ2v) is 4.25. The van der Waals surface area contributed by atoms with Crippen molar-refractivity contribution in [1.82, 2.24) is 19.5 Å². The summed E-state index contributed by atoms with van der Waals surface area (Å²) in [5.74, 6) is 0.509. The SMILES string of the molecule is Cc1ccc2c(c1)nc(N)n2Cc1ccncn1. The zero-order valence-corrected chi connectivity index (χ0v) is 10.0. The van der Waals surface area contributed by atoms with Gasteiger partial charge in [-0.05, 0) is 30.7 Å². The first-order valence-electron chi connectivity index (χ1n) is 5.71. The molecule has 18 heavy (non-hydrogen) atoms. The summed E-state index contributed by atoms with van der Waals surface area (Å²) in [6.45, 7) is 2.65. The van der Waals surface area contributed by atoms with Gasteiger partial charge < -0.3 is 10.3 Å². The van der Waals surface area contributed by atoms with Crippen LogP contribution in [-0.4, -0.2) is 19.5 Å². The molecule has 1 aromatic carbocycles. The van der Waals surface area contributed by atoms with Crippen LogP contribution in [-0.2, 0) is 6.54 Å². The summed E-state index contributed by atoms with van der Waals surface area (Å²) in [5.41, 5.74) is 9.99. The lowest BCUT2D eigenvalue weighted by atomic mass is 10.2. The van der Waals surface area contributed by atoms with Crippen LogP contribution in [0.2, 0.25) is 0 Å². The predicted molar refractivity (Wildman–Crippen MR) is 70.0 cm³/mol. The van der Waals surface area contributed by atoms with Crippen molar-refractivity contribution in [3.63, 3.8) is 0 Å². The number of hydrogen-bond donors (Lipinski definition) is 1. The molecule has 5 heteroatoms. The predicted octanol–water partition coefficient (Wildman–Crippen LogP) is 1.77. The average molecular weight is 239 g/mol. The van der Waals surface area contributed by atoms with Crippen LogP contribution in [0.15, 0.2) is 36.8 Å². The number of nitrogens with zero attached hydrogens (tertiary/aromatic N) is 4. The summed E-state index contributed by atoms with van der Waals surface area (Å²) in [6.07, 6.45) is 3.26. The molecule has 0 radical (unpaired) electrons. The molecule has 2 N–H and O–H groups in total. The van der Waals surface area contributed by atoms with Crippen molar-refractivity contribution in [1.29, 1.82) is 0 Å². The van der Waals surface area contributed by atoms with Gasteiger partial charge in [0.2, 0.25) is 5.95 Å². The van der Waals surface area contributed by atoms with Crippen LogP contribution >= 0.6 is 0 Å². The van der Waals surface area contributed by atoms with Crippen LogP contribution in [0, 0.1) is 6.92 Å². The molecule has 0 atom stereocenters. The summed E-state index contributed by atoms with van der Waals surface area (Å²) in [4.78, 5) is 12.5. The highest BCUT2D eigenvalue weighted by Gasteiger charge is 2.08. The number of aromatic nitrogens is 4. The lowest BCUT2D eigenvalue weighted by molar-refractivity contribution is 0.803. The number of fused-ring (bicyclic) bond motifs is 1. The van der Waals surface area contributed by atoms with Gasteiger partial charge in [-0.2, -0.15) is 0 Å². The van der Waals surface area contributed by atoms with Gasteiger partial charge in [-0.25, -0.2) is 15.0 Å². The van der Waals surface area contributed by atoms with E-state index in [0.717, 1.165) is 16.7 Å². The van der Waals surface area contributed by atoms with E-state index in [1.54, 1.807) is 6.20 Å². The van der Waals surface area contributed by atoms with Crippen molar-refractivity contribution < 1.29 is 0 Å². The third-order valence-electron chi connectivity index (χ3n) is 2.90. The maximum Gasteiger partial charge on any atom is 0.201 e. The molecule has 0 fully saturated rings. The van der Waals surface area contributed by atoms with Gasteiger partial charge >= 0.3 is 0 Å². The lowest BCUT2D eigenvalue weighted by Gasteiger charge is -2.05. The van der Waals surface area contributed by atoms with E-state index in [9.17, 15) is 0 Å². The third-order valence-corrected chi connectivity index (χ3v) is 2.90. The molecule has 5 nitrogen and oxygen atoms in total. The number of rotatable bonds is 2. The van der Waals surface area contributed by atoms with Gasteiger partial charge in [0, 0.05) is 6.20 Å². The Morgan fingerprint density at radius 3 is 2.94 bits per heavy atom. The van der Waals surface area contributed by atoms with Gasteiger partial charge in [0.15, 0.2) is 0 Å². The fourth-order valence-corrected chi connectivity index (χ4v) is 2.00. The molecule has 0 saturated heterocycles. The molecule has 2 heterocycles. The number of imidazole rings is 1. The monoisotopic (exact) mass is 239 g/mol. The lowest BCUT2D eigenvalue weighted by Crippen LogP contribution is -2.05. The average Bonchev–Trinajstić information content (AvgIpc) is 2.66. The van der Waals surface area contributed by atoms with Crippen molar-refractivity contribution in [2.75, 3.05) is 5.73 Å². The Balaban J connectivity index is 2.09. The van der Waals surface area contributed by atoms with E-state index in [2.05, 4.69) is 21.0 Å². The standard InChI is InChI=1S/C13H13N5/c1-9-2-3-12-11(6-9)17-13(14)18(12)7-10-4-5-15-8-16-10/h2-6,8H,7H2,1H3,(H2,14,17). The molecule has 0 aliphatic carbocycles. The van der Waals surface area contributed by atoms with Crippen molar-refractivity contribution in [3.8, 4) is 0 Å². The molecule has 90 valence electrons. The molecule has 0 aliphatic heterocycles. The van der Waals surface area contributed by atoms with Crippen LogP contribution in [0.5, 0.6) is 0 Å². The van der Waals surface area contributed by atoms with Crippen molar-refractivity contribution in [3.05, 3.63) is 48.0 Å². The zero-order valence-electron chi connectivity index (χ0n) is 10.0. The van der Waals surface area contributed by atoms with Crippen LogP contribution < -0.4 is 5.73 Å². The van der Waals surface area contributed by atoms with E-state index >= 15 is 0 Å². The minimum Gasteiger partial charge on any atom is -0.369 e. The molecule has 3 aromatic rings. The van der Waals surface area contributed by atoms with Gasteiger partial charge in [0.05, 0.1) is 23.3 Å². The smallest absolute Gasteiger partial charge is 0.201 e. The summed E-state index contributed by atoms with van der Waals surface area (Å²) < 4.78 is 1.96. The Morgan fingerprint density at radius 2 is 2.17 bits per heavy atom. The second kappa shape index (κ2) is 4.10. The number of nitrogens with two attached hydrogens (primary N) is 1. The molecule has 0 aliphatic rings. The quantitative estimate of drug-likeness (QED) is 0.739. The molecule has 0 amide bonds. The first kappa shape index (κ1) is 10.7. The summed E-state index contributed by atoms with van der Waals surface area (Å²) >= 11 is 0. The Labute approximate surface area is 104 Å². The Kier molecular flexibility index (Phi) is 2.44. The minimum absolute atomic E-state index is 0.509. The zero-order chi connectivity index (χ0) is 12.5. The van der Waals surface area contributed by atoms with Crippen molar-refractivity contribution in [2.24, 2.45) is 0 Å². The van der Waals surface area contributed by atoms with E-state index in [1.807, 2.05) is 29.7 Å². The minimum atomic E-state index is 0.509. The summed E-state index contributed by atoms with van der Waals surface area (Å²) in [5, 5.41) is 0. The van der Waals surface area contributed by atoms with Gasteiger partial charge in [-0.1, -0.05) is 6.07 Å². The molecule has 0 spiro atoms. The second-order valence-electron chi connectivity index (χ2n) is 4.25. The first-order valence-corrected chi connectivity index (χ1v) is 5.71.